The molecule has 0 spiro atoms. The highest BCUT2D eigenvalue weighted by atomic mass is 19.1. The predicted octanol–water partition coefficient (Wildman–Crippen LogP) is 2.49. The molecule has 1 aromatic heterocycles. The topological polar surface area (TPSA) is 98.7 Å². The van der Waals surface area contributed by atoms with Crippen molar-refractivity contribution in [2.45, 2.75) is 31.3 Å². The van der Waals surface area contributed by atoms with Crippen molar-refractivity contribution < 1.29 is 13.6 Å². The maximum atomic E-state index is 14.9. The van der Waals surface area contributed by atoms with Gasteiger partial charge in [0.2, 0.25) is 11.7 Å². The molecular weight excluding hydrogens is 378 g/mol. The van der Waals surface area contributed by atoms with E-state index in [1.807, 2.05) is 0 Å². The van der Waals surface area contributed by atoms with Gasteiger partial charge in [0.05, 0.1) is 24.2 Å². The summed E-state index contributed by atoms with van der Waals surface area (Å²) in [5.74, 6) is -1.21. The number of rotatable bonds is 5. The molecule has 1 amide bonds. The number of tetrazole rings is 1. The van der Waals surface area contributed by atoms with E-state index in [1.165, 1.54) is 23.0 Å². The molecule has 0 saturated heterocycles. The van der Waals surface area contributed by atoms with Crippen molar-refractivity contribution in [2.75, 3.05) is 0 Å². The molecule has 0 unspecified atom stereocenters. The summed E-state index contributed by atoms with van der Waals surface area (Å²) in [6, 6.07) is 8.50. The van der Waals surface area contributed by atoms with Crippen molar-refractivity contribution in [3.05, 3.63) is 53.6 Å². The lowest BCUT2D eigenvalue weighted by Crippen LogP contribution is -2.43. The summed E-state index contributed by atoms with van der Waals surface area (Å²) in [6.07, 6.45) is 1.26. The fourth-order valence-corrected chi connectivity index (χ4v) is 3.20. The van der Waals surface area contributed by atoms with Gasteiger partial charge in [-0.25, -0.2) is 8.78 Å². The highest BCUT2D eigenvalue weighted by Crippen LogP contribution is 2.35. The van der Waals surface area contributed by atoms with Crippen LogP contribution >= 0.6 is 0 Å². The summed E-state index contributed by atoms with van der Waals surface area (Å²) in [5.41, 5.74) is 6.43. The molecule has 150 valence electrons. The van der Waals surface area contributed by atoms with Gasteiger partial charge in [-0.15, -0.1) is 10.2 Å². The molecule has 1 heterocycles. The van der Waals surface area contributed by atoms with Gasteiger partial charge in [-0.1, -0.05) is 24.3 Å². The van der Waals surface area contributed by atoms with Crippen molar-refractivity contribution in [2.24, 2.45) is 12.8 Å². The monoisotopic (exact) mass is 398 g/mol. The summed E-state index contributed by atoms with van der Waals surface area (Å²) in [5, 5.41) is 14.4. The van der Waals surface area contributed by atoms with Gasteiger partial charge in [-0.05, 0) is 48.2 Å². The number of hydrogen-bond donors (Lipinski definition) is 2. The van der Waals surface area contributed by atoms with Crippen LogP contribution in [0.5, 0.6) is 0 Å². The predicted molar refractivity (Wildman–Crippen MR) is 102 cm³/mol. The third-order valence-electron chi connectivity index (χ3n) is 5.11. The zero-order valence-corrected chi connectivity index (χ0v) is 16.0. The van der Waals surface area contributed by atoms with E-state index < -0.39 is 23.2 Å². The van der Waals surface area contributed by atoms with Crippen molar-refractivity contribution in [3.8, 4) is 22.5 Å². The Kier molecular flexibility index (Phi) is 4.62. The number of carbonyl (C=O) groups excluding carboxylic acids is 1. The largest absolute Gasteiger partial charge is 0.348 e. The summed E-state index contributed by atoms with van der Waals surface area (Å²) in [7, 11) is 1.58. The van der Waals surface area contributed by atoms with Crippen LogP contribution < -0.4 is 11.1 Å². The number of nitrogens with zero attached hydrogens (tertiary/aromatic N) is 4. The lowest BCUT2D eigenvalue weighted by molar-refractivity contribution is -0.123. The molecule has 7 nitrogen and oxygen atoms in total. The minimum absolute atomic E-state index is 0.114. The minimum Gasteiger partial charge on any atom is -0.348 e. The standard InChI is InChI=1S/C20H20F2N6O/c1-11(24-19(29)20(23)8-9-20)13-7-6-12(10-16(13)22)14-4-3-5-15(21)17(14)18-25-27-28(2)26-18/h3-7,10-11H,8-9,23H2,1-2H3,(H,24,29)/t11-/m1/s1. The minimum atomic E-state index is -0.829. The Morgan fingerprint density at radius 3 is 2.62 bits per heavy atom. The molecule has 3 N–H and O–H groups in total. The molecular formula is C20H20F2N6O. The lowest BCUT2D eigenvalue weighted by atomic mass is 9.96. The van der Waals surface area contributed by atoms with Crippen LogP contribution in [0.25, 0.3) is 22.5 Å². The van der Waals surface area contributed by atoms with Crippen molar-refractivity contribution in [3.63, 3.8) is 0 Å². The molecule has 2 aromatic carbocycles. The molecule has 1 fully saturated rings. The van der Waals surface area contributed by atoms with Gasteiger partial charge in [0.25, 0.3) is 0 Å². The molecule has 1 saturated carbocycles. The van der Waals surface area contributed by atoms with Gasteiger partial charge in [-0.3, -0.25) is 4.79 Å². The van der Waals surface area contributed by atoms with E-state index in [2.05, 4.69) is 20.7 Å². The van der Waals surface area contributed by atoms with E-state index in [-0.39, 0.29) is 17.3 Å². The van der Waals surface area contributed by atoms with Crippen LogP contribution in [-0.2, 0) is 11.8 Å². The van der Waals surface area contributed by atoms with Crippen LogP contribution in [0.4, 0.5) is 8.78 Å². The molecule has 9 heteroatoms. The SMILES string of the molecule is C[C@@H](NC(=O)C1(N)CC1)c1ccc(-c2cccc(F)c2-c2nnn(C)n2)cc1F. The number of nitrogens with two attached hydrogens (primary N) is 1. The van der Waals surface area contributed by atoms with Gasteiger partial charge in [0, 0.05) is 5.56 Å². The van der Waals surface area contributed by atoms with E-state index in [9.17, 15) is 13.6 Å². The number of aromatic nitrogens is 4. The first kappa shape index (κ1) is 19.1. The summed E-state index contributed by atoms with van der Waals surface area (Å²) in [6.45, 7) is 1.69. The summed E-state index contributed by atoms with van der Waals surface area (Å²) in [4.78, 5) is 13.4. The average molecular weight is 398 g/mol. The molecule has 1 aliphatic carbocycles. The summed E-state index contributed by atoms with van der Waals surface area (Å²) >= 11 is 0. The fourth-order valence-electron chi connectivity index (χ4n) is 3.20. The first-order valence-electron chi connectivity index (χ1n) is 9.21. The van der Waals surface area contributed by atoms with Crippen LogP contribution in [0.1, 0.15) is 31.4 Å². The van der Waals surface area contributed by atoms with Crippen LogP contribution in [-0.4, -0.2) is 31.7 Å². The number of halogens is 2. The van der Waals surface area contributed by atoms with E-state index in [0.29, 0.717) is 29.5 Å². The van der Waals surface area contributed by atoms with E-state index in [0.717, 1.165) is 0 Å². The van der Waals surface area contributed by atoms with Crippen molar-refractivity contribution in [1.29, 1.82) is 0 Å². The second-order valence-electron chi connectivity index (χ2n) is 7.35. The van der Waals surface area contributed by atoms with Gasteiger partial charge in [0.15, 0.2) is 0 Å². The van der Waals surface area contributed by atoms with Crippen LogP contribution in [0.15, 0.2) is 36.4 Å². The Bertz CT molecular complexity index is 1090. The second kappa shape index (κ2) is 7.00. The molecule has 1 atom stereocenters. The normalized spacial score (nSPS) is 15.8. The van der Waals surface area contributed by atoms with Gasteiger partial charge < -0.3 is 11.1 Å². The van der Waals surface area contributed by atoms with Crippen molar-refractivity contribution in [1.82, 2.24) is 25.5 Å². The Labute approximate surface area is 165 Å². The maximum absolute atomic E-state index is 14.9. The summed E-state index contributed by atoms with van der Waals surface area (Å²) < 4.78 is 29.4. The van der Waals surface area contributed by atoms with Crippen molar-refractivity contribution >= 4 is 5.91 Å². The maximum Gasteiger partial charge on any atom is 0.240 e. The highest BCUT2D eigenvalue weighted by Gasteiger charge is 2.46. The third kappa shape index (κ3) is 3.61. The first-order chi connectivity index (χ1) is 13.8. The average Bonchev–Trinajstić information content (AvgIpc) is 3.29. The third-order valence-corrected chi connectivity index (χ3v) is 5.11. The Hall–Kier alpha value is -3.20. The molecule has 4 rings (SSSR count). The Morgan fingerprint density at radius 1 is 1.24 bits per heavy atom. The number of hydrogen-bond acceptors (Lipinski definition) is 5. The van der Waals surface area contributed by atoms with E-state index in [4.69, 9.17) is 5.73 Å². The molecule has 1 aliphatic rings. The molecule has 3 aromatic rings. The number of amides is 1. The van der Waals surface area contributed by atoms with Gasteiger partial charge in [-0.2, -0.15) is 4.80 Å². The van der Waals surface area contributed by atoms with Crippen LogP contribution in [0, 0.1) is 11.6 Å². The quantitative estimate of drug-likeness (QED) is 0.688. The van der Waals surface area contributed by atoms with E-state index in [1.54, 1.807) is 32.2 Å². The fraction of sp³-hybridized carbons (Fsp3) is 0.300. The molecule has 29 heavy (non-hydrogen) atoms. The Morgan fingerprint density at radius 2 is 2.00 bits per heavy atom. The Balaban J connectivity index is 1.67. The second-order valence-corrected chi connectivity index (χ2v) is 7.35. The van der Waals surface area contributed by atoms with Crippen LogP contribution in [0.2, 0.25) is 0 Å². The molecule has 0 bridgehead atoms. The number of carbonyl (C=O) groups is 1. The number of benzene rings is 2. The van der Waals surface area contributed by atoms with E-state index >= 15 is 0 Å². The van der Waals surface area contributed by atoms with Gasteiger partial charge >= 0.3 is 0 Å². The first-order valence-corrected chi connectivity index (χ1v) is 9.21. The zero-order chi connectivity index (χ0) is 20.8. The number of nitrogens with one attached hydrogen (secondary N) is 1. The van der Waals surface area contributed by atoms with Gasteiger partial charge in [0.1, 0.15) is 11.6 Å². The molecule has 0 radical (unpaired) electrons. The number of aryl methyl sites for hydroxylation is 1. The zero-order valence-electron chi connectivity index (χ0n) is 16.0. The highest BCUT2D eigenvalue weighted by molar-refractivity contribution is 5.89. The lowest BCUT2D eigenvalue weighted by Gasteiger charge is -2.18. The molecule has 0 aliphatic heterocycles. The van der Waals surface area contributed by atoms with Crippen LogP contribution in [0.3, 0.4) is 0 Å². The smallest absolute Gasteiger partial charge is 0.240 e.